The summed E-state index contributed by atoms with van der Waals surface area (Å²) in [6, 6.07) is 19.3. The molecule has 8 rings (SSSR count). The highest BCUT2D eigenvalue weighted by molar-refractivity contribution is 7.73. The monoisotopic (exact) mass is 987 g/mol. The molecule has 0 unspecified atom stereocenters. The van der Waals surface area contributed by atoms with Crippen molar-refractivity contribution in [3.8, 4) is 11.5 Å². The second-order valence-corrected chi connectivity index (χ2v) is 57.1. The van der Waals surface area contributed by atoms with Gasteiger partial charge in [-0.15, -0.1) is 5.54 Å². The molecule has 0 aliphatic heterocycles. The SMILES string of the molecule is Cc1cc(C)c(C#C[Si](/C=C(\C/C(=C/C(=C(/O[Si](C)(C)C)C23CC4CC(CC(C4)C2)C3)c2c(C)cc(C)cc2C)c2c(C)cc(C)cc2C)c2c(C)cc(C)cc2C)([Si](C)(C)C)[Si](C)(C)C)c(C)c1. The van der Waals surface area contributed by atoms with Crippen LogP contribution in [0.3, 0.4) is 0 Å². The van der Waals surface area contributed by atoms with Crippen molar-refractivity contribution in [2.75, 3.05) is 0 Å². The molecule has 4 aromatic carbocycles. The Balaban J connectivity index is 1.66. The van der Waals surface area contributed by atoms with Gasteiger partial charge in [0, 0.05) is 16.6 Å². The summed E-state index contributed by atoms with van der Waals surface area (Å²) < 4.78 is 7.87. The van der Waals surface area contributed by atoms with E-state index in [1.807, 2.05) is 0 Å². The highest BCUT2D eigenvalue weighted by Crippen LogP contribution is 2.64. The standard InChI is InChI=1S/C64H90OSi4/c1-41-24-45(5)58(46(6)25-41)22-23-69(67(16,17)18,68(19,20)21)40-57(61-49(9)28-43(3)29-50(61)10)35-56(60-47(7)26-42(2)27-48(60)8)36-59(62-51(11)30-44(4)31-52(62)12)63(65-66(13,14)15)64-37-53-32-54(38-64)34-55(33-53)39-64/h24-31,36,40,53-55H,32-35,37-39H2,1-21H3/b56-36-,57-40+,63-59-. The first kappa shape index (κ1) is 53.1. The number of hydrogen-bond acceptors (Lipinski definition) is 1. The maximum absolute atomic E-state index is 7.87. The number of aryl methyl sites for hydroxylation is 12. The van der Waals surface area contributed by atoms with Gasteiger partial charge in [0.1, 0.15) is 7.11 Å². The van der Waals surface area contributed by atoms with Crippen molar-refractivity contribution < 1.29 is 4.43 Å². The molecule has 0 N–H and O–H groups in total. The van der Waals surface area contributed by atoms with Crippen LogP contribution in [0.1, 0.15) is 134 Å². The molecule has 0 aromatic heterocycles. The van der Waals surface area contributed by atoms with Crippen LogP contribution >= 0.6 is 0 Å². The smallest absolute Gasteiger partial charge is 0.241 e. The fraction of sp³-hybridized carbons (Fsp3) is 0.500. The van der Waals surface area contributed by atoms with E-state index in [9.17, 15) is 0 Å². The summed E-state index contributed by atoms with van der Waals surface area (Å²) in [5.74, 6) is 7.79. The second-order valence-electron chi connectivity index (χ2n) is 26.3. The van der Waals surface area contributed by atoms with Gasteiger partial charge in [-0.25, -0.2) is 0 Å². The molecule has 0 atom stereocenters. The molecule has 69 heavy (non-hydrogen) atoms. The lowest BCUT2D eigenvalue weighted by molar-refractivity contribution is -0.0477. The molecule has 4 aliphatic carbocycles. The summed E-state index contributed by atoms with van der Waals surface area (Å²) in [5, 5.41) is 0. The molecule has 5 heteroatoms. The molecule has 4 fully saturated rings. The van der Waals surface area contributed by atoms with E-state index >= 15 is 0 Å². The fourth-order valence-electron chi connectivity index (χ4n) is 14.9. The van der Waals surface area contributed by atoms with Crippen LogP contribution in [0.2, 0.25) is 58.9 Å². The summed E-state index contributed by atoms with van der Waals surface area (Å²) in [5.41, 5.74) is 33.2. The topological polar surface area (TPSA) is 9.23 Å². The third-order valence-corrected chi connectivity index (χ3v) is 52.8. The predicted octanol–water partition coefficient (Wildman–Crippen LogP) is 18.1. The number of rotatable bonds is 12. The van der Waals surface area contributed by atoms with Gasteiger partial charge >= 0.3 is 0 Å². The highest BCUT2D eigenvalue weighted by Gasteiger charge is 2.55. The molecule has 4 bridgehead atoms. The largest absolute Gasteiger partial charge is 0.546 e. The number of hydrogen-bond donors (Lipinski definition) is 0. The van der Waals surface area contributed by atoms with Crippen molar-refractivity contribution in [2.45, 2.75) is 187 Å². The Morgan fingerprint density at radius 1 is 0.507 bits per heavy atom. The lowest BCUT2D eigenvalue weighted by atomic mass is 9.48. The first-order valence-electron chi connectivity index (χ1n) is 26.6. The van der Waals surface area contributed by atoms with E-state index in [4.69, 9.17) is 4.43 Å². The molecule has 0 saturated heterocycles. The van der Waals surface area contributed by atoms with Gasteiger partial charge in [0.2, 0.25) is 8.32 Å². The minimum absolute atomic E-state index is 0.0650. The highest BCUT2D eigenvalue weighted by atomic mass is 29.6. The lowest BCUT2D eigenvalue weighted by Crippen LogP contribution is -2.70. The van der Waals surface area contributed by atoms with Gasteiger partial charge < -0.3 is 4.43 Å². The van der Waals surface area contributed by atoms with Gasteiger partial charge in [-0.1, -0.05) is 122 Å². The molecule has 1 nitrogen and oxygen atoms in total. The molecule has 0 amide bonds. The predicted molar refractivity (Wildman–Crippen MR) is 314 cm³/mol. The van der Waals surface area contributed by atoms with Crippen LogP contribution in [-0.4, -0.2) is 30.6 Å². The minimum Gasteiger partial charge on any atom is -0.546 e. The Kier molecular flexibility index (Phi) is 14.9. The van der Waals surface area contributed by atoms with E-state index in [1.165, 1.54) is 150 Å². The van der Waals surface area contributed by atoms with E-state index in [2.05, 4.69) is 214 Å². The fourth-order valence-corrected chi connectivity index (χ4v) is 54.2. The van der Waals surface area contributed by atoms with Crippen LogP contribution in [0, 0.1) is 118 Å². The van der Waals surface area contributed by atoms with Crippen molar-refractivity contribution in [1.29, 1.82) is 0 Å². The third-order valence-electron chi connectivity index (χ3n) is 16.6. The molecule has 0 heterocycles. The zero-order valence-electron chi connectivity index (χ0n) is 47.4. The molecule has 4 aliphatic rings. The average molecular weight is 988 g/mol. The molecule has 0 radical (unpaired) electrons. The van der Waals surface area contributed by atoms with E-state index in [-0.39, 0.29) is 5.41 Å². The molecule has 0 spiro atoms. The Bertz CT molecular complexity index is 2690. The molecule has 4 aromatic rings. The molecular weight excluding hydrogens is 897 g/mol. The normalized spacial score (nSPS) is 21.3. The minimum atomic E-state index is -2.48. The van der Waals surface area contributed by atoms with Crippen LogP contribution in [0.4, 0.5) is 0 Å². The molecular formula is C64H90OSi4. The summed E-state index contributed by atoms with van der Waals surface area (Å²) in [6.07, 6.45) is 11.6. The van der Waals surface area contributed by atoms with Gasteiger partial charge in [0.25, 0.3) is 0 Å². The maximum atomic E-state index is 7.87. The quantitative estimate of drug-likeness (QED) is 0.0595. The summed E-state index contributed by atoms with van der Waals surface area (Å²) in [6.45, 7) is 51.1. The van der Waals surface area contributed by atoms with Crippen molar-refractivity contribution in [3.63, 3.8) is 0 Å². The number of allylic oxidation sites excluding steroid dienone is 5. The Labute approximate surface area is 425 Å². The van der Waals surface area contributed by atoms with Gasteiger partial charge in [-0.3, -0.25) is 0 Å². The van der Waals surface area contributed by atoms with Gasteiger partial charge in [0.15, 0.2) is 0 Å². The molecule has 368 valence electrons. The second kappa shape index (κ2) is 19.4. The van der Waals surface area contributed by atoms with Gasteiger partial charge in [0.05, 0.1) is 20.9 Å². The summed E-state index contributed by atoms with van der Waals surface area (Å²) in [7, 11) is -8.50. The van der Waals surface area contributed by atoms with Gasteiger partial charge in [-0.05, 0) is 244 Å². The van der Waals surface area contributed by atoms with Gasteiger partial charge in [-0.2, -0.15) is 0 Å². The van der Waals surface area contributed by atoms with Crippen LogP contribution < -0.4 is 0 Å². The van der Waals surface area contributed by atoms with Crippen molar-refractivity contribution in [3.05, 3.63) is 155 Å². The van der Waals surface area contributed by atoms with Crippen LogP contribution in [0.15, 0.2) is 66.1 Å². The maximum Gasteiger partial charge on any atom is 0.241 e. The first-order chi connectivity index (χ1) is 31.9. The Morgan fingerprint density at radius 2 is 0.855 bits per heavy atom. The average Bonchev–Trinajstić information content (AvgIpc) is 3.15. The first-order valence-corrected chi connectivity index (χ1v) is 41.1. The van der Waals surface area contributed by atoms with E-state index in [0.29, 0.717) is 0 Å². The summed E-state index contributed by atoms with van der Waals surface area (Å²) in [4.78, 5) is 0. The van der Waals surface area contributed by atoms with E-state index < -0.39 is 30.6 Å². The van der Waals surface area contributed by atoms with Crippen molar-refractivity contribution in [2.24, 2.45) is 23.2 Å². The van der Waals surface area contributed by atoms with E-state index in [0.717, 1.165) is 24.2 Å². The van der Waals surface area contributed by atoms with Crippen LogP contribution in [0.25, 0.3) is 16.7 Å². The molecule has 4 saturated carbocycles. The van der Waals surface area contributed by atoms with Crippen LogP contribution in [-0.2, 0) is 4.43 Å². The summed E-state index contributed by atoms with van der Waals surface area (Å²) >= 11 is 0. The van der Waals surface area contributed by atoms with Crippen LogP contribution in [0.5, 0.6) is 0 Å². The Morgan fingerprint density at radius 3 is 1.22 bits per heavy atom. The Hall–Kier alpha value is -3.67. The zero-order chi connectivity index (χ0) is 50.9. The van der Waals surface area contributed by atoms with Crippen molar-refractivity contribution in [1.82, 2.24) is 0 Å². The van der Waals surface area contributed by atoms with E-state index in [1.54, 1.807) is 0 Å². The number of benzene rings is 4. The lowest BCUT2D eigenvalue weighted by Gasteiger charge is -2.58. The third kappa shape index (κ3) is 10.9. The zero-order valence-corrected chi connectivity index (χ0v) is 51.4. The van der Waals surface area contributed by atoms with Crippen molar-refractivity contribution >= 4 is 47.3 Å².